The first kappa shape index (κ1) is 16.8. The molecule has 9 nitrogen and oxygen atoms in total. The second-order valence-corrected chi connectivity index (χ2v) is 6.10. The lowest BCUT2D eigenvalue weighted by Gasteiger charge is -2.09. The number of hydrogen-bond acceptors (Lipinski definition) is 7. The number of benzene rings is 2. The number of nitrogens with zero attached hydrogens (tertiary/aromatic N) is 8. The van der Waals surface area contributed by atoms with Gasteiger partial charge in [0.15, 0.2) is 0 Å². The summed E-state index contributed by atoms with van der Waals surface area (Å²) in [6.45, 7) is 0. The number of aromatic nitrogens is 9. The molecule has 0 bridgehead atoms. The Hall–Kier alpha value is -4.34. The summed E-state index contributed by atoms with van der Waals surface area (Å²) in [4.78, 5) is 5.47. The van der Waals surface area contributed by atoms with Crippen LogP contribution in [0.2, 0.25) is 0 Å². The third-order valence-corrected chi connectivity index (χ3v) is 4.25. The average Bonchev–Trinajstić information content (AvgIpc) is 3.46. The molecule has 3 heterocycles. The predicted molar refractivity (Wildman–Crippen MR) is 101 cm³/mol. The van der Waals surface area contributed by atoms with E-state index in [9.17, 15) is 4.39 Å². The lowest BCUT2D eigenvalue weighted by Crippen LogP contribution is -2.01. The minimum atomic E-state index is -0.433. The molecule has 0 fully saturated rings. The largest absolute Gasteiger partial charge is 0.253 e. The van der Waals surface area contributed by atoms with E-state index >= 15 is 0 Å². The average molecular weight is 385 g/mol. The van der Waals surface area contributed by atoms with Crippen LogP contribution in [-0.2, 0) is 0 Å². The molecule has 1 N–H and O–H groups in total. The van der Waals surface area contributed by atoms with Crippen molar-refractivity contribution in [1.29, 1.82) is 0 Å². The summed E-state index contributed by atoms with van der Waals surface area (Å²) in [5.41, 5.74) is 3.10. The second-order valence-electron chi connectivity index (χ2n) is 6.10. The maximum absolute atomic E-state index is 14.5. The van der Waals surface area contributed by atoms with Crippen LogP contribution in [0.5, 0.6) is 0 Å². The third-order valence-electron chi connectivity index (χ3n) is 4.25. The van der Waals surface area contributed by atoms with Crippen LogP contribution in [0.25, 0.3) is 39.7 Å². The molecule has 0 atom stereocenters. The second kappa shape index (κ2) is 7.00. The highest BCUT2D eigenvalue weighted by molar-refractivity contribution is 5.81. The number of hydrogen-bond donors (Lipinski definition) is 1. The van der Waals surface area contributed by atoms with E-state index < -0.39 is 5.82 Å². The van der Waals surface area contributed by atoms with E-state index in [0.717, 1.165) is 11.1 Å². The van der Waals surface area contributed by atoms with Crippen molar-refractivity contribution in [3.63, 3.8) is 0 Å². The van der Waals surface area contributed by atoms with Crippen LogP contribution >= 0.6 is 0 Å². The molecule has 0 radical (unpaired) electrons. The molecule has 0 saturated heterocycles. The van der Waals surface area contributed by atoms with E-state index in [1.165, 1.54) is 16.9 Å². The minimum absolute atomic E-state index is 0.351. The minimum Gasteiger partial charge on any atom is -0.253 e. The van der Waals surface area contributed by atoms with Gasteiger partial charge < -0.3 is 0 Å². The standard InChI is InChI=1S/C19H12FN9/c20-13-9-12(15-5-1-2-6-16(15)18-22-26-27-23-18)10-14(11-13)29-25-19(24-28-29)17-7-3-4-8-21-17/h1-11H,(H,22,23,26,27). The number of halogens is 1. The third kappa shape index (κ3) is 3.23. The summed E-state index contributed by atoms with van der Waals surface area (Å²) >= 11 is 0. The zero-order chi connectivity index (χ0) is 19.6. The molecule has 0 aliphatic carbocycles. The van der Waals surface area contributed by atoms with Crippen molar-refractivity contribution in [2.24, 2.45) is 0 Å². The normalized spacial score (nSPS) is 10.9. The van der Waals surface area contributed by atoms with Crippen molar-refractivity contribution < 1.29 is 4.39 Å². The molecule has 0 saturated carbocycles. The molecule has 0 spiro atoms. The lowest BCUT2D eigenvalue weighted by atomic mass is 9.99. The zero-order valence-corrected chi connectivity index (χ0v) is 14.8. The Bertz CT molecular complexity index is 1270. The maximum Gasteiger partial charge on any atom is 0.223 e. The topological polar surface area (TPSA) is 111 Å². The molecule has 5 aromatic rings. The van der Waals surface area contributed by atoms with E-state index in [-0.39, 0.29) is 0 Å². The van der Waals surface area contributed by atoms with Gasteiger partial charge in [-0.1, -0.05) is 30.3 Å². The summed E-state index contributed by atoms with van der Waals surface area (Å²) in [7, 11) is 0. The molecular weight excluding hydrogens is 373 g/mol. The van der Waals surface area contributed by atoms with E-state index in [1.54, 1.807) is 24.4 Å². The van der Waals surface area contributed by atoms with E-state index in [2.05, 4.69) is 41.0 Å². The van der Waals surface area contributed by atoms with Crippen LogP contribution in [0.1, 0.15) is 0 Å². The van der Waals surface area contributed by atoms with Gasteiger partial charge >= 0.3 is 0 Å². The van der Waals surface area contributed by atoms with Gasteiger partial charge in [-0.2, -0.15) is 5.21 Å². The number of nitrogens with one attached hydrogen (secondary N) is 1. The van der Waals surface area contributed by atoms with Gasteiger partial charge in [-0.05, 0) is 45.8 Å². The summed E-state index contributed by atoms with van der Waals surface area (Å²) in [5, 5.41) is 26.5. The van der Waals surface area contributed by atoms with Gasteiger partial charge in [0.2, 0.25) is 11.6 Å². The number of tetrazole rings is 2. The van der Waals surface area contributed by atoms with Gasteiger partial charge in [-0.15, -0.1) is 25.2 Å². The van der Waals surface area contributed by atoms with Crippen LogP contribution in [0.3, 0.4) is 0 Å². The van der Waals surface area contributed by atoms with Gasteiger partial charge in [0.1, 0.15) is 11.5 Å². The van der Waals surface area contributed by atoms with E-state index in [4.69, 9.17) is 0 Å². The SMILES string of the molecule is Fc1cc(-c2ccccc2-c2nn[nH]n2)cc(-n2nnc(-c3ccccn3)n2)c1. The van der Waals surface area contributed by atoms with Crippen LogP contribution in [0.4, 0.5) is 4.39 Å². The highest BCUT2D eigenvalue weighted by Gasteiger charge is 2.14. The Morgan fingerprint density at radius 1 is 0.862 bits per heavy atom. The molecule has 10 heteroatoms. The van der Waals surface area contributed by atoms with Crippen molar-refractivity contribution >= 4 is 0 Å². The first-order valence-corrected chi connectivity index (χ1v) is 8.63. The Labute approximate surface area is 163 Å². The fourth-order valence-electron chi connectivity index (χ4n) is 2.97. The molecule has 5 rings (SSSR count). The molecule has 2 aromatic carbocycles. The van der Waals surface area contributed by atoms with Crippen LogP contribution in [0.15, 0.2) is 66.9 Å². The summed E-state index contributed by atoms with van der Waals surface area (Å²) in [6.07, 6.45) is 1.64. The maximum atomic E-state index is 14.5. The molecular formula is C19H12FN9. The molecule has 3 aromatic heterocycles. The number of rotatable bonds is 4. The smallest absolute Gasteiger partial charge is 0.223 e. The molecule has 0 amide bonds. The van der Waals surface area contributed by atoms with Crippen molar-refractivity contribution in [3.8, 4) is 39.7 Å². The van der Waals surface area contributed by atoms with Gasteiger partial charge in [-0.3, -0.25) is 4.98 Å². The van der Waals surface area contributed by atoms with Crippen molar-refractivity contribution in [3.05, 3.63) is 72.7 Å². The highest BCUT2D eigenvalue weighted by atomic mass is 19.1. The van der Waals surface area contributed by atoms with Crippen molar-refractivity contribution in [2.45, 2.75) is 0 Å². The number of pyridine rings is 1. The van der Waals surface area contributed by atoms with Crippen molar-refractivity contribution in [1.82, 2.24) is 45.8 Å². The molecule has 0 aliphatic rings. The Balaban J connectivity index is 1.59. The monoisotopic (exact) mass is 385 g/mol. The van der Waals surface area contributed by atoms with Gasteiger partial charge in [0, 0.05) is 17.8 Å². The number of aromatic amines is 1. The molecule has 0 unspecified atom stereocenters. The van der Waals surface area contributed by atoms with Crippen molar-refractivity contribution in [2.75, 3.05) is 0 Å². The lowest BCUT2D eigenvalue weighted by molar-refractivity contribution is 0.621. The Kier molecular flexibility index (Phi) is 4.06. The van der Waals surface area contributed by atoms with E-state index in [0.29, 0.717) is 28.6 Å². The van der Waals surface area contributed by atoms with E-state index in [1.807, 2.05) is 30.3 Å². The first-order chi connectivity index (χ1) is 14.3. The van der Waals surface area contributed by atoms with Gasteiger partial charge in [0.25, 0.3) is 0 Å². The summed E-state index contributed by atoms with van der Waals surface area (Å²) < 4.78 is 14.5. The summed E-state index contributed by atoms with van der Waals surface area (Å²) in [6, 6.07) is 17.4. The Morgan fingerprint density at radius 3 is 2.52 bits per heavy atom. The molecule has 140 valence electrons. The molecule has 0 aliphatic heterocycles. The summed E-state index contributed by atoms with van der Waals surface area (Å²) in [5.74, 6) is 0.337. The van der Waals surface area contributed by atoms with Crippen LogP contribution in [-0.4, -0.2) is 45.8 Å². The predicted octanol–water partition coefficient (Wildman–Crippen LogP) is 2.71. The fourth-order valence-corrected chi connectivity index (χ4v) is 2.97. The van der Waals surface area contributed by atoms with Gasteiger partial charge in [-0.25, -0.2) is 4.39 Å². The van der Waals surface area contributed by atoms with Crippen LogP contribution < -0.4 is 0 Å². The molecule has 29 heavy (non-hydrogen) atoms. The quantitative estimate of drug-likeness (QED) is 0.506. The number of H-pyrrole nitrogens is 1. The Morgan fingerprint density at radius 2 is 1.72 bits per heavy atom. The first-order valence-electron chi connectivity index (χ1n) is 8.63. The van der Waals surface area contributed by atoms with Gasteiger partial charge in [0.05, 0.1) is 5.69 Å². The fraction of sp³-hybridized carbons (Fsp3) is 0. The zero-order valence-electron chi connectivity index (χ0n) is 14.8. The van der Waals surface area contributed by atoms with Crippen LogP contribution in [0, 0.1) is 5.82 Å². The highest BCUT2D eigenvalue weighted by Crippen LogP contribution is 2.31.